The quantitative estimate of drug-likeness (QED) is 0.540. The second-order valence-corrected chi connectivity index (χ2v) is 10.4. The number of anilines is 1. The molecule has 1 saturated heterocycles. The average molecular weight is 500 g/mol. The first kappa shape index (κ1) is 24.9. The Morgan fingerprint density at radius 2 is 1.77 bits per heavy atom. The van der Waals surface area contributed by atoms with E-state index < -0.39 is 21.7 Å². The molecule has 35 heavy (non-hydrogen) atoms. The third-order valence-corrected chi connectivity index (χ3v) is 8.27. The molecule has 4 rings (SSSR count). The molecule has 0 spiro atoms. The van der Waals surface area contributed by atoms with Crippen LogP contribution >= 0.6 is 0 Å². The number of nitrogens with zero attached hydrogens (tertiary/aromatic N) is 4. The summed E-state index contributed by atoms with van der Waals surface area (Å²) >= 11 is 0. The topological polar surface area (TPSA) is 87.5 Å². The van der Waals surface area contributed by atoms with Gasteiger partial charge in [-0.05, 0) is 44.0 Å². The molecule has 2 heterocycles. The lowest BCUT2D eigenvalue weighted by Gasteiger charge is -2.36. The summed E-state index contributed by atoms with van der Waals surface area (Å²) in [5.41, 5.74) is 3.74. The van der Waals surface area contributed by atoms with Gasteiger partial charge in [-0.15, -0.1) is 0 Å². The molecule has 186 valence electrons. The molecule has 1 fully saturated rings. The van der Waals surface area contributed by atoms with E-state index in [4.69, 9.17) is 0 Å². The van der Waals surface area contributed by atoms with E-state index in [2.05, 4.69) is 35.2 Å². The summed E-state index contributed by atoms with van der Waals surface area (Å²) in [5.74, 6) is -1.05. The zero-order valence-corrected chi connectivity index (χ0v) is 21.0. The SMILES string of the molecule is CCn1cc(C(=O)NCc2ccccc2F)c(S(=O)(=O)N2CCN(c3cccc(C)c3C)CC2)n1. The van der Waals surface area contributed by atoms with E-state index in [-0.39, 0.29) is 30.2 Å². The predicted molar refractivity (Wildman–Crippen MR) is 132 cm³/mol. The van der Waals surface area contributed by atoms with Crippen molar-refractivity contribution in [1.29, 1.82) is 0 Å². The molecule has 1 N–H and O–H groups in total. The lowest BCUT2D eigenvalue weighted by molar-refractivity contribution is 0.0947. The Bertz CT molecular complexity index is 1330. The summed E-state index contributed by atoms with van der Waals surface area (Å²) in [6, 6.07) is 12.2. The summed E-state index contributed by atoms with van der Waals surface area (Å²) in [5, 5.41) is 6.56. The average Bonchev–Trinajstić information content (AvgIpc) is 3.31. The highest BCUT2D eigenvalue weighted by Crippen LogP contribution is 2.26. The molecule has 1 aliphatic heterocycles. The van der Waals surface area contributed by atoms with Gasteiger partial charge >= 0.3 is 0 Å². The van der Waals surface area contributed by atoms with Gasteiger partial charge in [-0.2, -0.15) is 9.40 Å². The number of halogens is 1. The van der Waals surface area contributed by atoms with Gasteiger partial charge in [-0.3, -0.25) is 9.48 Å². The molecule has 3 aromatic rings. The lowest BCUT2D eigenvalue weighted by atomic mass is 10.1. The standard InChI is InChI=1S/C25H30FN5O3S/c1-4-30-17-21(24(32)27-16-20-9-5-6-10-22(20)26)25(28-30)35(33,34)31-14-12-29(13-15-31)23-11-7-8-18(2)19(23)3/h5-11,17H,4,12-16H2,1-3H3,(H,27,32). The van der Waals surface area contributed by atoms with Crippen molar-refractivity contribution in [2.24, 2.45) is 0 Å². The number of amides is 1. The number of rotatable bonds is 7. The number of hydrogen-bond acceptors (Lipinski definition) is 5. The molecule has 0 bridgehead atoms. The van der Waals surface area contributed by atoms with Crippen LogP contribution in [0.1, 0.15) is 34.0 Å². The Morgan fingerprint density at radius 3 is 2.46 bits per heavy atom. The zero-order chi connectivity index (χ0) is 25.2. The van der Waals surface area contributed by atoms with Gasteiger partial charge < -0.3 is 10.2 Å². The van der Waals surface area contributed by atoms with E-state index in [1.54, 1.807) is 18.2 Å². The molecular weight excluding hydrogens is 469 g/mol. The van der Waals surface area contributed by atoms with Crippen molar-refractivity contribution >= 4 is 21.6 Å². The highest BCUT2D eigenvalue weighted by molar-refractivity contribution is 7.89. The van der Waals surface area contributed by atoms with Crippen LogP contribution in [0.3, 0.4) is 0 Å². The van der Waals surface area contributed by atoms with Crippen molar-refractivity contribution in [3.63, 3.8) is 0 Å². The molecule has 0 aliphatic carbocycles. The second kappa shape index (κ2) is 10.2. The maximum absolute atomic E-state index is 13.9. The van der Waals surface area contributed by atoms with Crippen LogP contribution in [0, 0.1) is 19.7 Å². The number of aromatic nitrogens is 2. The van der Waals surface area contributed by atoms with E-state index in [1.807, 2.05) is 19.1 Å². The third kappa shape index (κ3) is 5.08. The Labute approximate surface area is 205 Å². The molecule has 0 saturated carbocycles. The van der Waals surface area contributed by atoms with Crippen LogP contribution in [0.5, 0.6) is 0 Å². The van der Waals surface area contributed by atoms with Gasteiger partial charge in [-0.25, -0.2) is 12.8 Å². The largest absolute Gasteiger partial charge is 0.369 e. The summed E-state index contributed by atoms with van der Waals surface area (Å²) < 4.78 is 43.8. The minimum Gasteiger partial charge on any atom is -0.369 e. The van der Waals surface area contributed by atoms with Crippen LogP contribution in [0.15, 0.2) is 53.7 Å². The minimum absolute atomic E-state index is 0.0415. The number of piperazine rings is 1. The molecular formula is C25H30FN5O3S. The molecule has 1 aliphatic rings. The number of nitrogens with one attached hydrogen (secondary N) is 1. The Kier molecular flexibility index (Phi) is 7.23. The maximum Gasteiger partial charge on any atom is 0.263 e. The number of aryl methyl sites for hydroxylation is 2. The fraction of sp³-hybridized carbons (Fsp3) is 0.360. The summed E-state index contributed by atoms with van der Waals surface area (Å²) in [6.45, 7) is 7.92. The number of carbonyl (C=O) groups excluding carboxylic acids is 1. The Morgan fingerprint density at radius 1 is 1.06 bits per heavy atom. The minimum atomic E-state index is -4.00. The summed E-state index contributed by atoms with van der Waals surface area (Å²) in [4.78, 5) is 15.1. The highest BCUT2D eigenvalue weighted by atomic mass is 32.2. The van der Waals surface area contributed by atoms with Gasteiger partial charge in [-0.1, -0.05) is 30.3 Å². The molecule has 0 radical (unpaired) electrons. The van der Waals surface area contributed by atoms with Crippen molar-refractivity contribution in [3.05, 3.63) is 76.7 Å². The molecule has 1 amide bonds. The van der Waals surface area contributed by atoms with Crippen molar-refractivity contribution < 1.29 is 17.6 Å². The van der Waals surface area contributed by atoms with E-state index in [0.717, 1.165) is 5.69 Å². The van der Waals surface area contributed by atoms with Gasteiger partial charge in [0.1, 0.15) is 5.82 Å². The van der Waals surface area contributed by atoms with Crippen molar-refractivity contribution in [2.45, 2.75) is 38.9 Å². The van der Waals surface area contributed by atoms with E-state index >= 15 is 0 Å². The van der Waals surface area contributed by atoms with Gasteiger partial charge in [0, 0.05) is 56.7 Å². The lowest BCUT2D eigenvalue weighted by Crippen LogP contribution is -2.49. The van der Waals surface area contributed by atoms with Gasteiger partial charge in [0.2, 0.25) is 5.03 Å². The third-order valence-electron chi connectivity index (χ3n) is 6.43. The van der Waals surface area contributed by atoms with Crippen molar-refractivity contribution in [1.82, 2.24) is 19.4 Å². The zero-order valence-electron chi connectivity index (χ0n) is 20.2. The second-order valence-electron chi connectivity index (χ2n) is 8.59. The van der Waals surface area contributed by atoms with Gasteiger partial charge in [0.15, 0.2) is 0 Å². The van der Waals surface area contributed by atoms with Crippen LogP contribution < -0.4 is 10.2 Å². The fourth-order valence-electron chi connectivity index (χ4n) is 4.19. The molecule has 2 aromatic carbocycles. The van der Waals surface area contributed by atoms with E-state index in [1.165, 1.54) is 32.4 Å². The highest BCUT2D eigenvalue weighted by Gasteiger charge is 2.35. The van der Waals surface area contributed by atoms with Gasteiger partial charge in [0.05, 0.1) is 5.56 Å². The van der Waals surface area contributed by atoms with Crippen LogP contribution in [-0.4, -0.2) is 54.6 Å². The van der Waals surface area contributed by atoms with Crippen molar-refractivity contribution in [3.8, 4) is 0 Å². The first-order chi connectivity index (χ1) is 16.7. The molecule has 1 aromatic heterocycles. The van der Waals surface area contributed by atoms with Gasteiger partial charge in [0.25, 0.3) is 15.9 Å². The van der Waals surface area contributed by atoms with Crippen LogP contribution in [0.2, 0.25) is 0 Å². The molecule has 8 nitrogen and oxygen atoms in total. The van der Waals surface area contributed by atoms with Crippen molar-refractivity contribution in [2.75, 3.05) is 31.1 Å². The van der Waals surface area contributed by atoms with E-state index in [0.29, 0.717) is 25.2 Å². The first-order valence-electron chi connectivity index (χ1n) is 11.6. The normalized spacial score (nSPS) is 14.8. The molecule has 0 atom stereocenters. The number of hydrogen-bond donors (Lipinski definition) is 1. The fourth-order valence-corrected chi connectivity index (χ4v) is 5.71. The Balaban J connectivity index is 1.52. The predicted octanol–water partition coefficient (Wildman–Crippen LogP) is 3.10. The maximum atomic E-state index is 13.9. The summed E-state index contributed by atoms with van der Waals surface area (Å²) in [7, 11) is -4.00. The molecule has 10 heteroatoms. The first-order valence-corrected chi connectivity index (χ1v) is 13.1. The van der Waals surface area contributed by atoms with Crippen LogP contribution in [-0.2, 0) is 23.1 Å². The van der Waals surface area contributed by atoms with E-state index in [9.17, 15) is 17.6 Å². The number of benzene rings is 2. The van der Waals surface area contributed by atoms with Crippen LogP contribution in [0.25, 0.3) is 0 Å². The monoisotopic (exact) mass is 499 g/mol. The number of sulfonamides is 1. The Hall–Kier alpha value is -3.24. The number of carbonyl (C=O) groups is 1. The van der Waals surface area contributed by atoms with Crippen LogP contribution in [0.4, 0.5) is 10.1 Å². The smallest absolute Gasteiger partial charge is 0.263 e. The summed E-state index contributed by atoms with van der Waals surface area (Å²) in [6.07, 6.45) is 1.43. The molecule has 0 unspecified atom stereocenters.